The van der Waals surface area contributed by atoms with Crippen molar-refractivity contribution in [1.82, 2.24) is 15.0 Å². The molecule has 0 aliphatic heterocycles. The number of hydrogen-bond donors (Lipinski definition) is 1. The van der Waals surface area contributed by atoms with E-state index in [0.717, 1.165) is 13.6 Å². The van der Waals surface area contributed by atoms with E-state index >= 15 is 0 Å². The van der Waals surface area contributed by atoms with E-state index in [4.69, 9.17) is 10.3 Å². The molecule has 0 bridgehead atoms. The molecule has 2 N–H and O–H groups in total. The van der Waals surface area contributed by atoms with E-state index in [9.17, 15) is 0 Å². The third-order valence-electron chi connectivity index (χ3n) is 2.49. The standard InChI is InChI=1S/C12H14BrIN4O/c1-18(2)6-10(15)11-16-12(19-17-11)8-5-7(14)3-4-9(8)13/h3-5,10H,6,15H2,1-2H3. The molecular weight excluding hydrogens is 423 g/mol. The molecular formula is C12H14BrIN4O. The number of aromatic nitrogens is 2. The molecule has 1 aromatic carbocycles. The number of rotatable bonds is 4. The summed E-state index contributed by atoms with van der Waals surface area (Å²) in [7, 11) is 3.91. The third kappa shape index (κ3) is 3.74. The summed E-state index contributed by atoms with van der Waals surface area (Å²) >= 11 is 5.73. The van der Waals surface area contributed by atoms with Crippen molar-refractivity contribution in [1.29, 1.82) is 0 Å². The topological polar surface area (TPSA) is 68.2 Å². The van der Waals surface area contributed by atoms with Gasteiger partial charge in [-0.05, 0) is 70.8 Å². The molecule has 102 valence electrons. The highest BCUT2D eigenvalue weighted by Crippen LogP contribution is 2.29. The van der Waals surface area contributed by atoms with E-state index in [1.54, 1.807) is 0 Å². The van der Waals surface area contributed by atoms with E-state index in [0.29, 0.717) is 18.3 Å². The predicted molar refractivity (Wildman–Crippen MR) is 85.6 cm³/mol. The van der Waals surface area contributed by atoms with Gasteiger partial charge >= 0.3 is 0 Å². The summed E-state index contributed by atoms with van der Waals surface area (Å²) in [5.74, 6) is 1.00. The van der Waals surface area contributed by atoms with Gasteiger partial charge < -0.3 is 15.2 Å². The molecule has 1 aromatic heterocycles. The first-order chi connectivity index (χ1) is 8.97. The van der Waals surface area contributed by atoms with Crippen LogP contribution in [-0.2, 0) is 0 Å². The summed E-state index contributed by atoms with van der Waals surface area (Å²) in [5.41, 5.74) is 6.89. The zero-order valence-corrected chi connectivity index (χ0v) is 14.3. The average molecular weight is 437 g/mol. The number of halogens is 2. The second-order valence-electron chi connectivity index (χ2n) is 4.45. The van der Waals surface area contributed by atoms with Crippen molar-refractivity contribution in [3.8, 4) is 11.5 Å². The molecule has 0 spiro atoms. The maximum absolute atomic E-state index is 6.02. The monoisotopic (exact) mass is 436 g/mol. The Hall–Kier alpha value is -0.510. The molecule has 0 fully saturated rings. The third-order valence-corrected chi connectivity index (χ3v) is 3.86. The van der Waals surface area contributed by atoms with Crippen molar-refractivity contribution < 1.29 is 4.52 Å². The first kappa shape index (κ1) is 14.9. The number of benzene rings is 1. The lowest BCUT2D eigenvalue weighted by atomic mass is 10.2. The Kier molecular flexibility index (Phi) is 4.93. The molecule has 1 unspecified atom stereocenters. The maximum atomic E-state index is 6.02. The minimum atomic E-state index is -0.256. The Bertz CT molecular complexity index is 573. The first-order valence-corrected chi connectivity index (χ1v) is 7.54. The Balaban J connectivity index is 2.28. The van der Waals surface area contributed by atoms with Crippen LogP contribution in [0.1, 0.15) is 11.9 Å². The lowest BCUT2D eigenvalue weighted by Gasteiger charge is -2.12. The van der Waals surface area contributed by atoms with Crippen LogP contribution in [0.5, 0.6) is 0 Å². The lowest BCUT2D eigenvalue weighted by molar-refractivity contribution is 0.357. The van der Waals surface area contributed by atoms with Gasteiger partial charge in [0.15, 0.2) is 5.82 Å². The van der Waals surface area contributed by atoms with Gasteiger partial charge in [0.1, 0.15) is 0 Å². The maximum Gasteiger partial charge on any atom is 0.259 e. The van der Waals surface area contributed by atoms with E-state index < -0.39 is 0 Å². The normalized spacial score (nSPS) is 12.9. The summed E-state index contributed by atoms with van der Waals surface area (Å²) in [5, 5.41) is 3.96. The van der Waals surface area contributed by atoms with Gasteiger partial charge in [-0.2, -0.15) is 4.98 Å². The predicted octanol–water partition coefficient (Wildman–Crippen LogP) is 2.67. The summed E-state index contributed by atoms with van der Waals surface area (Å²) in [4.78, 5) is 6.36. The lowest BCUT2D eigenvalue weighted by Crippen LogP contribution is -2.26. The zero-order valence-electron chi connectivity index (χ0n) is 10.6. The summed E-state index contributed by atoms with van der Waals surface area (Å²) in [6.07, 6.45) is 0. The minimum Gasteiger partial charge on any atom is -0.334 e. The summed E-state index contributed by atoms with van der Waals surface area (Å²) in [6, 6.07) is 5.69. The summed E-state index contributed by atoms with van der Waals surface area (Å²) in [6.45, 7) is 0.673. The van der Waals surface area contributed by atoms with Crippen LogP contribution in [0.4, 0.5) is 0 Å². The van der Waals surface area contributed by atoms with E-state index in [1.807, 2.05) is 37.2 Å². The molecule has 5 nitrogen and oxygen atoms in total. The molecule has 2 rings (SSSR count). The van der Waals surface area contributed by atoms with Crippen molar-refractivity contribution in [2.24, 2.45) is 5.73 Å². The molecule has 2 aromatic rings. The van der Waals surface area contributed by atoms with Crippen LogP contribution in [0, 0.1) is 3.57 Å². The number of hydrogen-bond acceptors (Lipinski definition) is 5. The largest absolute Gasteiger partial charge is 0.334 e. The Labute approximate surface area is 133 Å². The van der Waals surface area contributed by atoms with E-state index in [1.165, 1.54) is 0 Å². The van der Waals surface area contributed by atoms with Crippen molar-refractivity contribution in [2.45, 2.75) is 6.04 Å². The molecule has 7 heteroatoms. The average Bonchev–Trinajstić information content (AvgIpc) is 2.80. The Morgan fingerprint density at radius 1 is 1.47 bits per heavy atom. The van der Waals surface area contributed by atoms with Crippen molar-refractivity contribution in [3.63, 3.8) is 0 Å². The molecule has 19 heavy (non-hydrogen) atoms. The van der Waals surface area contributed by atoms with Gasteiger partial charge in [-0.25, -0.2) is 0 Å². The molecule has 0 amide bonds. The fraction of sp³-hybridized carbons (Fsp3) is 0.333. The van der Waals surface area contributed by atoms with Crippen LogP contribution in [0.3, 0.4) is 0 Å². The van der Waals surface area contributed by atoms with Crippen molar-refractivity contribution in [2.75, 3.05) is 20.6 Å². The van der Waals surface area contributed by atoms with Crippen LogP contribution < -0.4 is 5.73 Å². The van der Waals surface area contributed by atoms with Crippen LogP contribution >= 0.6 is 38.5 Å². The van der Waals surface area contributed by atoms with E-state index in [-0.39, 0.29) is 6.04 Å². The SMILES string of the molecule is CN(C)CC(N)c1noc(-c2cc(I)ccc2Br)n1. The fourth-order valence-corrected chi connectivity index (χ4v) is 2.54. The highest BCUT2D eigenvalue weighted by Gasteiger charge is 2.17. The second kappa shape index (κ2) is 6.29. The van der Waals surface area contributed by atoms with Crippen molar-refractivity contribution in [3.05, 3.63) is 32.1 Å². The van der Waals surface area contributed by atoms with Gasteiger partial charge in [-0.15, -0.1) is 0 Å². The molecule has 0 aliphatic carbocycles. The second-order valence-corrected chi connectivity index (χ2v) is 6.55. The number of nitrogens with two attached hydrogens (primary N) is 1. The minimum absolute atomic E-state index is 0.256. The molecule has 0 radical (unpaired) electrons. The van der Waals surface area contributed by atoms with Gasteiger partial charge in [0, 0.05) is 14.6 Å². The molecule has 0 saturated heterocycles. The first-order valence-electron chi connectivity index (χ1n) is 5.66. The number of likely N-dealkylation sites (N-methyl/N-ethyl adjacent to an activating group) is 1. The molecule has 0 aliphatic rings. The summed E-state index contributed by atoms with van der Waals surface area (Å²) < 4.78 is 7.32. The number of nitrogens with zero attached hydrogens (tertiary/aromatic N) is 3. The van der Waals surface area contributed by atoms with Gasteiger partial charge in [0.25, 0.3) is 5.89 Å². The molecule has 1 atom stereocenters. The molecule has 0 saturated carbocycles. The quantitative estimate of drug-likeness (QED) is 0.746. The van der Waals surface area contributed by atoms with Crippen LogP contribution in [0.2, 0.25) is 0 Å². The Morgan fingerprint density at radius 3 is 2.89 bits per heavy atom. The van der Waals surface area contributed by atoms with Gasteiger partial charge in [-0.1, -0.05) is 5.16 Å². The van der Waals surface area contributed by atoms with Crippen LogP contribution in [0.15, 0.2) is 27.2 Å². The Morgan fingerprint density at radius 2 is 2.21 bits per heavy atom. The van der Waals surface area contributed by atoms with Gasteiger partial charge in [0.05, 0.1) is 11.6 Å². The van der Waals surface area contributed by atoms with Crippen LogP contribution in [0.25, 0.3) is 11.5 Å². The molecule has 1 heterocycles. The smallest absolute Gasteiger partial charge is 0.259 e. The fourth-order valence-electron chi connectivity index (χ4n) is 1.63. The highest BCUT2D eigenvalue weighted by molar-refractivity contribution is 14.1. The van der Waals surface area contributed by atoms with E-state index in [2.05, 4.69) is 48.7 Å². The highest BCUT2D eigenvalue weighted by atomic mass is 127. The zero-order chi connectivity index (χ0) is 14.0. The van der Waals surface area contributed by atoms with Gasteiger partial charge in [-0.3, -0.25) is 0 Å². The van der Waals surface area contributed by atoms with Crippen LogP contribution in [-0.4, -0.2) is 35.7 Å². The van der Waals surface area contributed by atoms with Crippen molar-refractivity contribution >= 4 is 38.5 Å². The van der Waals surface area contributed by atoms with Gasteiger partial charge in [0.2, 0.25) is 0 Å².